The number of anilines is 1. The number of hydrogen-bond donors (Lipinski definition) is 1. The van der Waals surface area contributed by atoms with Crippen LogP contribution in [-0.2, 0) is 17.9 Å². The molecule has 0 saturated heterocycles. The van der Waals surface area contributed by atoms with Crippen molar-refractivity contribution in [3.8, 4) is 5.75 Å². The van der Waals surface area contributed by atoms with E-state index in [0.717, 1.165) is 11.3 Å². The predicted molar refractivity (Wildman–Crippen MR) is 106 cm³/mol. The predicted octanol–water partition coefficient (Wildman–Crippen LogP) is 5.04. The average molecular weight is 424 g/mol. The number of rotatable bonds is 6. The molecule has 9 heteroatoms. The second-order valence-corrected chi connectivity index (χ2v) is 6.84. The summed E-state index contributed by atoms with van der Waals surface area (Å²) < 4.78 is 12.3. The van der Waals surface area contributed by atoms with Crippen LogP contribution in [0.5, 0.6) is 5.75 Å². The number of carbonyl (C=O) groups excluding carboxylic acids is 1. The molecule has 1 N–H and O–H groups in total. The van der Waals surface area contributed by atoms with Crippen molar-refractivity contribution in [2.45, 2.75) is 20.1 Å². The number of aryl methyl sites for hydroxylation is 1. The lowest BCUT2D eigenvalue weighted by Crippen LogP contribution is -2.20. The molecule has 3 rings (SSSR count). The first kappa shape index (κ1) is 19.4. The maximum Gasteiger partial charge on any atom is 0.287 e. The fraction of sp³-hybridized carbons (Fsp3) is 0.167. The van der Waals surface area contributed by atoms with Crippen molar-refractivity contribution < 1.29 is 13.9 Å². The minimum atomic E-state index is -0.352. The van der Waals surface area contributed by atoms with Crippen LogP contribution in [0.25, 0.3) is 0 Å². The Kier molecular flexibility index (Phi) is 6.15. The molecule has 2 aromatic carbocycles. The smallest absolute Gasteiger partial charge is 0.287 e. The van der Waals surface area contributed by atoms with Gasteiger partial charge in [-0.1, -0.05) is 41.4 Å². The lowest BCUT2D eigenvalue weighted by atomic mass is 10.2. The van der Waals surface area contributed by atoms with Gasteiger partial charge in [-0.3, -0.25) is 4.79 Å². The molecular weight excluding hydrogens is 409 g/mol. The molecule has 140 valence electrons. The standard InChI is InChI=1S/C18H15Cl2N3O3S/c1-11-4-2-3-5-15(11)25-10-17-22-23(18(27)26-17)9-16(24)21-14-7-6-12(19)8-13(14)20/h2-8H,9-10H2,1H3,(H,21,24). The normalized spacial score (nSPS) is 10.6. The molecule has 1 heterocycles. The van der Waals surface area contributed by atoms with Gasteiger partial charge >= 0.3 is 0 Å². The Morgan fingerprint density at radius 2 is 2.07 bits per heavy atom. The van der Waals surface area contributed by atoms with Gasteiger partial charge in [0.15, 0.2) is 6.61 Å². The highest BCUT2D eigenvalue weighted by Gasteiger charge is 2.12. The molecule has 0 spiro atoms. The Morgan fingerprint density at radius 3 is 2.81 bits per heavy atom. The first-order valence-corrected chi connectivity index (χ1v) is 9.09. The van der Waals surface area contributed by atoms with Gasteiger partial charge in [-0.05, 0) is 49.0 Å². The topological polar surface area (TPSA) is 69.3 Å². The van der Waals surface area contributed by atoms with E-state index in [9.17, 15) is 4.79 Å². The molecule has 3 aromatic rings. The van der Waals surface area contributed by atoms with Gasteiger partial charge in [-0.25, -0.2) is 4.68 Å². The number of hydrogen-bond acceptors (Lipinski definition) is 5. The quantitative estimate of drug-likeness (QED) is 0.562. The lowest BCUT2D eigenvalue weighted by molar-refractivity contribution is -0.117. The number of nitrogens with zero attached hydrogens (tertiary/aromatic N) is 2. The number of amides is 1. The zero-order valence-electron chi connectivity index (χ0n) is 14.2. The van der Waals surface area contributed by atoms with Crippen molar-refractivity contribution in [2.75, 3.05) is 5.32 Å². The number of aromatic nitrogens is 2. The monoisotopic (exact) mass is 423 g/mol. The maximum atomic E-state index is 12.2. The highest BCUT2D eigenvalue weighted by molar-refractivity contribution is 7.71. The summed E-state index contributed by atoms with van der Waals surface area (Å²) in [5.74, 6) is 0.652. The van der Waals surface area contributed by atoms with Crippen LogP contribution in [0.2, 0.25) is 10.0 Å². The molecule has 0 aliphatic carbocycles. The number of ether oxygens (including phenoxy) is 1. The highest BCUT2D eigenvalue weighted by atomic mass is 35.5. The van der Waals surface area contributed by atoms with Gasteiger partial charge in [0, 0.05) is 5.02 Å². The molecule has 0 bridgehead atoms. The molecule has 27 heavy (non-hydrogen) atoms. The Bertz CT molecular complexity index is 1030. The van der Waals surface area contributed by atoms with Gasteiger partial charge in [-0.2, -0.15) is 0 Å². The van der Waals surface area contributed by atoms with E-state index in [-0.39, 0.29) is 29.8 Å². The summed E-state index contributed by atoms with van der Waals surface area (Å²) in [5.41, 5.74) is 1.44. The number of nitrogens with one attached hydrogen (secondary N) is 1. The first-order valence-electron chi connectivity index (χ1n) is 7.92. The van der Waals surface area contributed by atoms with Crippen LogP contribution in [0.1, 0.15) is 11.5 Å². The first-order chi connectivity index (χ1) is 12.9. The zero-order valence-corrected chi connectivity index (χ0v) is 16.6. The summed E-state index contributed by atoms with van der Waals surface area (Å²) >= 11 is 17.0. The van der Waals surface area contributed by atoms with Crippen LogP contribution in [0.3, 0.4) is 0 Å². The summed E-state index contributed by atoms with van der Waals surface area (Å²) in [6.45, 7) is 1.92. The molecular formula is C18H15Cl2N3O3S. The Balaban J connectivity index is 1.63. The van der Waals surface area contributed by atoms with Gasteiger partial charge < -0.3 is 14.5 Å². The second kappa shape index (κ2) is 8.56. The van der Waals surface area contributed by atoms with E-state index < -0.39 is 0 Å². The van der Waals surface area contributed by atoms with Crippen molar-refractivity contribution in [3.05, 3.63) is 68.8 Å². The van der Waals surface area contributed by atoms with Crippen molar-refractivity contribution in [1.82, 2.24) is 9.78 Å². The minimum absolute atomic E-state index is 0.0794. The van der Waals surface area contributed by atoms with E-state index in [0.29, 0.717) is 15.7 Å². The van der Waals surface area contributed by atoms with E-state index in [1.54, 1.807) is 18.2 Å². The van der Waals surface area contributed by atoms with Crippen LogP contribution >= 0.6 is 35.4 Å². The lowest BCUT2D eigenvalue weighted by Gasteiger charge is -2.07. The summed E-state index contributed by atoms with van der Waals surface area (Å²) in [4.78, 5) is 12.3. The molecule has 1 aromatic heterocycles. The number of carbonyl (C=O) groups is 1. The summed E-state index contributed by atoms with van der Waals surface area (Å²) in [5, 5.41) is 7.68. The third-order valence-electron chi connectivity index (χ3n) is 3.59. The highest BCUT2D eigenvalue weighted by Crippen LogP contribution is 2.25. The molecule has 0 aliphatic rings. The molecule has 0 unspecified atom stereocenters. The van der Waals surface area contributed by atoms with Crippen molar-refractivity contribution >= 4 is 47.0 Å². The van der Waals surface area contributed by atoms with Gasteiger partial charge in [-0.15, -0.1) is 5.10 Å². The third kappa shape index (κ3) is 5.09. The van der Waals surface area contributed by atoms with E-state index in [1.807, 2.05) is 31.2 Å². The maximum absolute atomic E-state index is 12.2. The molecule has 0 atom stereocenters. The third-order valence-corrected chi connectivity index (χ3v) is 4.43. The van der Waals surface area contributed by atoms with E-state index in [1.165, 1.54) is 4.68 Å². The van der Waals surface area contributed by atoms with Gasteiger partial charge in [0.1, 0.15) is 12.3 Å². The molecule has 6 nitrogen and oxygen atoms in total. The summed E-state index contributed by atoms with van der Waals surface area (Å²) in [7, 11) is 0. The average Bonchev–Trinajstić information content (AvgIpc) is 2.96. The molecule has 1 amide bonds. The van der Waals surface area contributed by atoms with Gasteiger partial charge in [0.25, 0.3) is 10.7 Å². The van der Waals surface area contributed by atoms with Crippen LogP contribution in [-0.4, -0.2) is 15.7 Å². The largest absolute Gasteiger partial charge is 0.484 e. The number of halogens is 2. The fourth-order valence-electron chi connectivity index (χ4n) is 2.28. The fourth-order valence-corrected chi connectivity index (χ4v) is 2.94. The van der Waals surface area contributed by atoms with Crippen LogP contribution in [0, 0.1) is 11.8 Å². The minimum Gasteiger partial charge on any atom is -0.484 e. The SMILES string of the molecule is Cc1ccccc1OCc1nn(CC(=O)Nc2ccc(Cl)cc2Cl)c(=S)o1. The molecule has 0 aliphatic heterocycles. The van der Waals surface area contributed by atoms with Crippen molar-refractivity contribution in [1.29, 1.82) is 0 Å². The molecule has 0 radical (unpaired) electrons. The van der Waals surface area contributed by atoms with Gasteiger partial charge in [0.05, 0.1) is 10.7 Å². The Hall–Kier alpha value is -2.35. The Morgan fingerprint density at radius 1 is 1.30 bits per heavy atom. The number of benzene rings is 2. The zero-order chi connectivity index (χ0) is 19.4. The molecule has 0 fully saturated rings. The van der Waals surface area contributed by atoms with Crippen molar-refractivity contribution in [2.24, 2.45) is 0 Å². The summed E-state index contributed by atoms with van der Waals surface area (Å²) in [6.07, 6.45) is 0. The van der Waals surface area contributed by atoms with E-state index in [2.05, 4.69) is 10.4 Å². The Labute approximate surface area is 170 Å². The van der Waals surface area contributed by atoms with E-state index in [4.69, 9.17) is 44.6 Å². The van der Waals surface area contributed by atoms with Crippen molar-refractivity contribution in [3.63, 3.8) is 0 Å². The van der Waals surface area contributed by atoms with E-state index >= 15 is 0 Å². The molecule has 0 saturated carbocycles. The van der Waals surface area contributed by atoms with Crippen LogP contribution < -0.4 is 10.1 Å². The van der Waals surface area contributed by atoms with Crippen LogP contribution in [0.15, 0.2) is 46.9 Å². The number of para-hydroxylation sites is 1. The van der Waals surface area contributed by atoms with Crippen LogP contribution in [0.4, 0.5) is 5.69 Å². The second-order valence-electron chi connectivity index (χ2n) is 5.65. The summed E-state index contributed by atoms with van der Waals surface area (Å²) in [6, 6.07) is 12.4. The van der Waals surface area contributed by atoms with Gasteiger partial charge in [0.2, 0.25) is 5.91 Å².